The number of hydrogen-bond donors (Lipinski definition) is 0. The van der Waals surface area contributed by atoms with Gasteiger partial charge in [0, 0.05) is 6.54 Å². The number of aromatic nitrogens is 1. The van der Waals surface area contributed by atoms with Crippen molar-refractivity contribution in [2.45, 2.75) is 12.6 Å². The Bertz CT molecular complexity index is 909. The number of furan rings is 1. The van der Waals surface area contributed by atoms with Gasteiger partial charge in [-0.1, -0.05) is 12.1 Å². The Morgan fingerprint density at radius 1 is 1.21 bits per heavy atom. The first kappa shape index (κ1) is 14.8. The molecule has 0 N–H and O–H groups in total. The number of para-hydroxylation sites is 2. The van der Waals surface area contributed by atoms with Gasteiger partial charge in [0.1, 0.15) is 18.3 Å². The maximum Gasteiger partial charge on any atom is 0.420 e. The molecule has 1 aliphatic heterocycles. The molecular weight excluding hydrogens is 312 g/mol. The number of fused-ring (bicyclic) bond motifs is 1. The third-order valence-corrected chi connectivity index (χ3v) is 4.19. The molecule has 7 heteroatoms. The number of amides is 1. The van der Waals surface area contributed by atoms with E-state index >= 15 is 0 Å². The minimum atomic E-state index is -0.535. The van der Waals surface area contributed by atoms with Gasteiger partial charge >= 0.3 is 5.76 Å². The van der Waals surface area contributed by atoms with Crippen molar-refractivity contribution in [2.75, 3.05) is 19.8 Å². The van der Waals surface area contributed by atoms with Crippen LogP contribution in [0.5, 0.6) is 0 Å². The van der Waals surface area contributed by atoms with Crippen LogP contribution in [-0.2, 0) is 16.1 Å². The Balaban J connectivity index is 1.62. The third-order valence-electron chi connectivity index (χ3n) is 4.19. The molecule has 1 fully saturated rings. The molecule has 2 aromatic heterocycles. The lowest BCUT2D eigenvalue weighted by atomic mass is 10.1. The first-order valence-corrected chi connectivity index (χ1v) is 7.73. The monoisotopic (exact) mass is 328 g/mol. The van der Waals surface area contributed by atoms with Crippen molar-refractivity contribution < 1.29 is 18.4 Å². The van der Waals surface area contributed by atoms with Crippen LogP contribution in [0.15, 0.2) is 56.3 Å². The van der Waals surface area contributed by atoms with E-state index in [4.69, 9.17) is 13.6 Å². The van der Waals surface area contributed by atoms with Gasteiger partial charge in [-0.25, -0.2) is 4.79 Å². The van der Waals surface area contributed by atoms with Crippen molar-refractivity contribution in [3.8, 4) is 0 Å². The average Bonchev–Trinajstić information content (AvgIpc) is 3.24. The number of carbonyl (C=O) groups excluding carboxylic acids is 1. The molecule has 1 saturated heterocycles. The van der Waals surface area contributed by atoms with Crippen LogP contribution >= 0.6 is 0 Å². The molecule has 0 radical (unpaired) electrons. The molecule has 0 saturated carbocycles. The minimum absolute atomic E-state index is 0.0763. The molecular formula is C17H16N2O5. The third kappa shape index (κ3) is 2.52. The second-order valence-electron chi connectivity index (χ2n) is 5.62. The summed E-state index contributed by atoms with van der Waals surface area (Å²) in [6.07, 6.45) is 1.57. The topological polar surface area (TPSA) is 77.8 Å². The number of nitrogens with zero attached hydrogens (tertiary/aromatic N) is 2. The lowest BCUT2D eigenvalue weighted by Crippen LogP contribution is -2.45. The Kier molecular flexibility index (Phi) is 3.70. The van der Waals surface area contributed by atoms with E-state index < -0.39 is 5.76 Å². The number of carbonyl (C=O) groups is 1. The summed E-state index contributed by atoms with van der Waals surface area (Å²) in [5, 5.41) is 0. The summed E-state index contributed by atoms with van der Waals surface area (Å²) in [7, 11) is 0. The quantitative estimate of drug-likeness (QED) is 0.732. The molecule has 3 aromatic rings. The number of benzene rings is 1. The highest BCUT2D eigenvalue weighted by Crippen LogP contribution is 2.25. The lowest BCUT2D eigenvalue weighted by molar-refractivity contribution is -0.141. The Hall–Kier alpha value is -2.80. The summed E-state index contributed by atoms with van der Waals surface area (Å²) in [5.41, 5.74) is 1.08. The molecule has 1 amide bonds. The molecule has 124 valence electrons. The summed E-state index contributed by atoms with van der Waals surface area (Å²) in [6.45, 7) is 1.21. The number of rotatable bonds is 3. The first-order chi connectivity index (χ1) is 11.7. The molecule has 0 aliphatic carbocycles. The second-order valence-corrected chi connectivity index (χ2v) is 5.62. The molecule has 7 nitrogen and oxygen atoms in total. The van der Waals surface area contributed by atoms with E-state index in [1.54, 1.807) is 41.5 Å². The summed E-state index contributed by atoms with van der Waals surface area (Å²) < 4.78 is 17.4. The lowest BCUT2D eigenvalue weighted by Gasteiger charge is -2.34. The summed E-state index contributed by atoms with van der Waals surface area (Å²) in [6, 6.07) is 10.4. The van der Waals surface area contributed by atoms with Crippen molar-refractivity contribution in [2.24, 2.45) is 0 Å². The van der Waals surface area contributed by atoms with Crippen LogP contribution in [0.2, 0.25) is 0 Å². The van der Waals surface area contributed by atoms with Crippen molar-refractivity contribution in [1.29, 1.82) is 0 Å². The van der Waals surface area contributed by atoms with Crippen molar-refractivity contribution >= 4 is 17.0 Å². The standard InChI is InChI=1S/C17H16N2O5/c20-16(10-19-12-4-1-2-5-15(12)24-17(19)21)18-7-9-22-11-13(18)14-6-3-8-23-14/h1-6,8,13H,7,9-11H2. The van der Waals surface area contributed by atoms with E-state index in [0.29, 0.717) is 36.6 Å². The fraction of sp³-hybridized carbons (Fsp3) is 0.294. The van der Waals surface area contributed by atoms with Crippen LogP contribution in [0.4, 0.5) is 0 Å². The molecule has 1 atom stereocenters. The average molecular weight is 328 g/mol. The van der Waals surface area contributed by atoms with Gasteiger partial charge in [0.2, 0.25) is 5.91 Å². The number of oxazole rings is 1. The normalized spacial score (nSPS) is 18.2. The van der Waals surface area contributed by atoms with Gasteiger partial charge in [-0.3, -0.25) is 9.36 Å². The van der Waals surface area contributed by atoms with Crippen LogP contribution in [0.1, 0.15) is 11.8 Å². The van der Waals surface area contributed by atoms with Crippen molar-refractivity contribution in [3.63, 3.8) is 0 Å². The van der Waals surface area contributed by atoms with Gasteiger partial charge in [0.05, 0.1) is 25.0 Å². The predicted octanol–water partition coefficient (Wildman–Crippen LogP) is 1.79. The van der Waals surface area contributed by atoms with E-state index in [1.807, 2.05) is 6.07 Å². The number of morpholine rings is 1. The van der Waals surface area contributed by atoms with Crippen LogP contribution < -0.4 is 5.76 Å². The predicted molar refractivity (Wildman–Crippen MR) is 84.5 cm³/mol. The summed E-state index contributed by atoms with van der Waals surface area (Å²) in [4.78, 5) is 26.5. The molecule has 0 spiro atoms. The van der Waals surface area contributed by atoms with E-state index in [2.05, 4.69) is 0 Å². The highest BCUT2D eigenvalue weighted by Gasteiger charge is 2.31. The fourth-order valence-electron chi connectivity index (χ4n) is 3.01. The highest BCUT2D eigenvalue weighted by molar-refractivity contribution is 5.80. The maximum atomic E-state index is 12.8. The smallest absolute Gasteiger partial charge is 0.420 e. The zero-order chi connectivity index (χ0) is 16.5. The highest BCUT2D eigenvalue weighted by atomic mass is 16.5. The fourth-order valence-corrected chi connectivity index (χ4v) is 3.01. The number of ether oxygens (including phenoxy) is 1. The van der Waals surface area contributed by atoms with Gasteiger partial charge in [-0.2, -0.15) is 0 Å². The van der Waals surface area contributed by atoms with Crippen LogP contribution in [0, 0.1) is 0 Å². The summed E-state index contributed by atoms with van der Waals surface area (Å²) >= 11 is 0. The largest absolute Gasteiger partial charge is 0.467 e. The van der Waals surface area contributed by atoms with E-state index in [-0.39, 0.29) is 18.5 Å². The number of hydrogen-bond acceptors (Lipinski definition) is 5. The van der Waals surface area contributed by atoms with Gasteiger partial charge in [-0.15, -0.1) is 0 Å². The minimum Gasteiger partial charge on any atom is -0.467 e. The first-order valence-electron chi connectivity index (χ1n) is 7.73. The molecule has 1 unspecified atom stereocenters. The summed E-state index contributed by atoms with van der Waals surface area (Å²) in [5.74, 6) is -0.0341. The second kappa shape index (κ2) is 6.01. The van der Waals surface area contributed by atoms with Crippen molar-refractivity contribution in [1.82, 2.24) is 9.47 Å². The molecule has 1 aromatic carbocycles. The molecule has 4 rings (SSSR count). The van der Waals surface area contributed by atoms with Crippen LogP contribution in [0.25, 0.3) is 11.1 Å². The molecule has 24 heavy (non-hydrogen) atoms. The van der Waals surface area contributed by atoms with Crippen LogP contribution in [0.3, 0.4) is 0 Å². The zero-order valence-electron chi connectivity index (χ0n) is 12.9. The van der Waals surface area contributed by atoms with E-state index in [1.165, 1.54) is 4.57 Å². The van der Waals surface area contributed by atoms with E-state index in [9.17, 15) is 9.59 Å². The van der Waals surface area contributed by atoms with Gasteiger partial charge in [0.25, 0.3) is 0 Å². The van der Waals surface area contributed by atoms with Crippen LogP contribution in [-0.4, -0.2) is 35.1 Å². The Morgan fingerprint density at radius 3 is 2.92 bits per heavy atom. The van der Waals surface area contributed by atoms with Gasteiger partial charge < -0.3 is 18.5 Å². The van der Waals surface area contributed by atoms with E-state index in [0.717, 1.165) is 0 Å². The molecule has 0 bridgehead atoms. The zero-order valence-corrected chi connectivity index (χ0v) is 12.9. The van der Waals surface area contributed by atoms with Crippen molar-refractivity contribution in [3.05, 3.63) is 59.0 Å². The molecule has 3 heterocycles. The molecule has 1 aliphatic rings. The maximum absolute atomic E-state index is 12.8. The SMILES string of the molecule is O=C(Cn1c(=O)oc2ccccc21)N1CCOCC1c1ccco1. The Morgan fingerprint density at radius 2 is 2.08 bits per heavy atom. The Labute approximate surface area is 137 Å². The van der Waals surface area contributed by atoms with Gasteiger partial charge in [0.15, 0.2) is 5.58 Å². The van der Waals surface area contributed by atoms with Gasteiger partial charge in [-0.05, 0) is 24.3 Å².